The van der Waals surface area contributed by atoms with Crippen LogP contribution in [0, 0.1) is 0 Å². The Morgan fingerprint density at radius 2 is 1.88 bits per heavy atom. The number of carbonyl (C=O) groups excluding carboxylic acids is 1. The molecule has 134 valence electrons. The first kappa shape index (κ1) is 19.1. The van der Waals surface area contributed by atoms with Gasteiger partial charge in [-0.05, 0) is 62.6 Å². The number of methoxy groups -OCH3 is 1. The molecule has 0 atom stereocenters. The molecule has 0 aliphatic heterocycles. The molecule has 0 bridgehead atoms. The molecule has 2 aromatic carbocycles. The van der Waals surface area contributed by atoms with Crippen molar-refractivity contribution in [2.24, 2.45) is 0 Å². The number of hydrogen-bond acceptors (Lipinski definition) is 3. The Bertz CT molecular complexity index is 699. The molecule has 0 unspecified atom stereocenters. The summed E-state index contributed by atoms with van der Waals surface area (Å²) in [6.45, 7) is 4.59. The quantitative estimate of drug-likeness (QED) is 0.704. The molecule has 4 nitrogen and oxygen atoms in total. The van der Waals surface area contributed by atoms with Gasteiger partial charge in [-0.2, -0.15) is 0 Å². The zero-order valence-corrected chi connectivity index (χ0v) is 15.6. The molecule has 1 amide bonds. The maximum Gasteiger partial charge on any atom is 0.255 e. The zero-order valence-electron chi connectivity index (χ0n) is 14.8. The molecule has 0 fully saturated rings. The van der Waals surface area contributed by atoms with Crippen molar-refractivity contribution in [3.63, 3.8) is 0 Å². The van der Waals surface area contributed by atoms with Gasteiger partial charge in [0.25, 0.3) is 5.91 Å². The summed E-state index contributed by atoms with van der Waals surface area (Å²) in [6, 6.07) is 13.1. The second-order valence-corrected chi connectivity index (χ2v) is 6.45. The summed E-state index contributed by atoms with van der Waals surface area (Å²) in [5.74, 6) is 1.21. The van der Waals surface area contributed by atoms with E-state index < -0.39 is 0 Å². The van der Waals surface area contributed by atoms with Crippen molar-refractivity contribution in [1.29, 1.82) is 0 Å². The summed E-state index contributed by atoms with van der Waals surface area (Å²) in [5, 5.41) is 3.42. The molecule has 1 N–H and O–H groups in total. The third-order valence-corrected chi connectivity index (χ3v) is 3.86. The van der Waals surface area contributed by atoms with Crippen LogP contribution in [0.5, 0.6) is 11.5 Å². The molecule has 0 saturated heterocycles. The van der Waals surface area contributed by atoms with Gasteiger partial charge in [0, 0.05) is 11.6 Å². The first-order chi connectivity index (χ1) is 12.0. The maximum atomic E-state index is 12.3. The Morgan fingerprint density at radius 1 is 1.16 bits per heavy atom. The van der Waals surface area contributed by atoms with Crippen LogP contribution < -0.4 is 14.8 Å². The molecular formula is C20H24ClNO3. The summed E-state index contributed by atoms with van der Waals surface area (Å²) in [5.41, 5.74) is 1.66. The van der Waals surface area contributed by atoms with Crippen LogP contribution in [0.3, 0.4) is 0 Å². The van der Waals surface area contributed by atoms with Gasteiger partial charge in [0.2, 0.25) is 0 Å². The van der Waals surface area contributed by atoms with E-state index in [0.717, 1.165) is 18.6 Å². The highest BCUT2D eigenvalue weighted by molar-refractivity contribution is 6.31. The lowest BCUT2D eigenvalue weighted by atomic mass is 10.1. The standard InChI is InChI=1S/C20H24ClNO3/c1-14(2)25-17-9-6-15(7-10-17)5-4-12-22-20(23)18-13-16(21)8-11-19(18)24-3/h6-11,13-14H,4-5,12H2,1-3H3,(H,22,23). The van der Waals surface area contributed by atoms with Gasteiger partial charge in [-0.1, -0.05) is 23.7 Å². The fourth-order valence-electron chi connectivity index (χ4n) is 2.45. The minimum atomic E-state index is -0.181. The van der Waals surface area contributed by atoms with Crippen molar-refractivity contribution in [3.8, 4) is 11.5 Å². The average molecular weight is 362 g/mol. The highest BCUT2D eigenvalue weighted by Gasteiger charge is 2.12. The van der Waals surface area contributed by atoms with Crippen molar-refractivity contribution in [2.45, 2.75) is 32.8 Å². The van der Waals surface area contributed by atoms with Gasteiger partial charge < -0.3 is 14.8 Å². The Balaban J connectivity index is 1.81. The normalized spacial score (nSPS) is 10.6. The number of rotatable bonds is 8. The molecule has 2 aromatic rings. The predicted octanol–water partition coefficient (Wildman–Crippen LogP) is 4.50. The number of aryl methyl sites for hydroxylation is 1. The Kier molecular flexibility index (Phi) is 7.14. The van der Waals surface area contributed by atoms with Crippen LogP contribution in [0.25, 0.3) is 0 Å². The highest BCUT2D eigenvalue weighted by atomic mass is 35.5. The number of amides is 1. The first-order valence-electron chi connectivity index (χ1n) is 8.37. The molecule has 0 aliphatic rings. The molecular weight excluding hydrogens is 338 g/mol. The van der Waals surface area contributed by atoms with Crippen LogP contribution in [0.4, 0.5) is 0 Å². The topological polar surface area (TPSA) is 47.6 Å². The molecule has 5 heteroatoms. The Labute approximate surface area is 154 Å². The molecule has 2 rings (SSSR count). The van der Waals surface area contributed by atoms with Crippen molar-refractivity contribution >= 4 is 17.5 Å². The van der Waals surface area contributed by atoms with Gasteiger partial charge in [0.1, 0.15) is 11.5 Å². The number of ether oxygens (including phenoxy) is 2. The largest absolute Gasteiger partial charge is 0.496 e. The zero-order chi connectivity index (χ0) is 18.2. The van der Waals surface area contributed by atoms with Gasteiger partial charge in [-0.15, -0.1) is 0 Å². The van der Waals surface area contributed by atoms with Crippen LogP contribution in [0.15, 0.2) is 42.5 Å². The van der Waals surface area contributed by atoms with E-state index in [9.17, 15) is 4.79 Å². The fraction of sp³-hybridized carbons (Fsp3) is 0.350. The lowest BCUT2D eigenvalue weighted by molar-refractivity contribution is 0.0950. The van der Waals surface area contributed by atoms with Gasteiger partial charge in [-0.25, -0.2) is 0 Å². The van der Waals surface area contributed by atoms with E-state index in [0.29, 0.717) is 22.9 Å². The van der Waals surface area contributed by atoms with Crippen LogP contribution in [-0.2, 0) is 6.42 Å². The van der Waals surface area contributed by atoms with Crippen LogP contribution >= 0.6 is 11.6 Å². The average Bonchev–Trinajstić information content (AvgIpc) is 2.59. The van der Waals surface area contributed by atoms with E-state index in [2.05, 4.69) is 17.4 Å². The van der Waals surface area contributed by atoms with E-state index in [1.165, 1.54) is 12.7 Å². The lowest BCUT2D eigenvalue weighted by Crippen LogP contribution is -2.25. The monoisotopic (exact) mass is 361 g/mol. The van der Waals surface area contributed by atoms with Gasteiger partial charge in [0.05, 0.1) is 18.8 Å². The van der Waals surface area contributed by atoms with Crippen LogP contribution in [0.2, 0.25) is 5.02 Å². The molecule has 0 saturated carbocycles. The number of nitrogens with one attached hydrogen (secondary N) is 1. The first-order valence-corrected chi connectivity index (χ1v) is 8.74. The smallest absolute Gasteiger partial charge is 0.255 e. The van der Waals surface area contributed by atoms with Gasteiger partial charge >= 0.3 is 0 Å². The lowest BCUT2D eigenvalue weighted by Gasteiger charge is -2.11. The summed E-state index contributed by atoms with van der Waals surface area (Å²) < 4.78 is 10.8. The molecule has 0 spiro atoms. The van der Waals surface area contributed by atoms with Crippen molar-refractivity contribution in [2.75, 3.05) is 13.7 Å². The SMILES string of the molecule is COc1ccc(Cl)cc1C(=O)NCCCc1ccc(OC(C)C)cc1. The van der Waals surface area contributed by atoms with E-state index >= 15 is 0 Å². The number of carbonyl (C=O) groups is 1. The summed E-state index contributed by atoms with van der Waals surface area (Å²) in [6.07, 6.45) is 1.90. The molecule has 0 aromatic heterocycles. The van der Waals surface area contributed by atoms with E-state index in [4.69, 9.17) is 21.1 Å². The van der Waals surface area contributed by atoms with E-state index in [1.807, 2.05) is 26.0 Å². The summed E-state index contributed by atoms with van der Waals surface area (Å²) in [4.78, 5) is 12.3. The van der Waals surface area contributed by atoms with Gasteiger partial charge in [0.15, 0.2) is 0 Å². The van der Waals surface area contributed by atoms with E-state index in [-0.39, 0.29) is 12.0 Å². The minimum Gasteiger partial charge on any atom is -0.496 e. The molecule has 0 aliphatic carbocycles. The highest BCUT2D eigenvalue weighted by Crippen LogP contribution is 2.22. The third-order valence-electron chi connectivity index (χ3n) is 3.63. The third kappa shape index (κ3) is 5.98. The summed E-state index contributed by atoms with van der Waals surface area (Å²) in [7, 11) is 1.53. The number of halogens is 1. The van der Waals surface area contributed by atoms with Crippen LogP contribution in [-0.4, -0.2) is 25.7 Å². The molecule has 25 heavy (non-hydrogen) atoms. The maximum absolute atomic E-state index is 12.3. The summed E-state index contributed by atoms with van der Waals surface area (Å²) >= 11 is 5.96. The van der Waals surface area contributed by atoms with Crippen molar-refractivity contribution in [1.82, 2.24) is 5.32 Å². The second-order valence-electron chi connectivity index (χ2n) is 6.01. The minimum absolute atomic E-state index is 0.171. The van der Waals surface area contributed by atoms with Gasteiger partial charge in [-0.3, -0.25) is 4.79 Å². The van der Waals surface area contributed by atoms with Crippen LogP contribution in [0.1, 0.15) is 36.2 Å². The fourth-order valence-corrected chi connectivity index (χ4v) is 2.63. The molecule has 0 radical (unpaired) electrons. The Morgan fingerprint density at radius 3 is 2.52 bits per heavy atom. The predicted molar refractivity (Wildman–Crippen MR) is 101 cm³/mol. The second kappa shape index (κ2) is 9.33. The number of benzene rings is 2. The van der Waals surface area contributed by atoms with E-state index in [1.54, 1.807) is 18.2 Å². The Hall–Kier alpha value is -2.20. The molecule has 0 heterocycles. The van der Waals surface area contributed by atoms with Crippen molar-refractivity contribution in [3.05, 3.63) is 58.6 Å². The number of hydrogen-bond donors (Lipinski definition) is 1. The van der Waals surface area contributed by atoms with Crippen molar-refractivity contribution < 1.29 is 14.3 Å².